The molecule has 212 valence electrons. The van der Waals surface area contributed by atoms with E-state index in [1.165, 1.54) is 0 Å². The molecule has 11 nitrogen and oxygen atoms in total. The molecule has 39 heavy (non-hydrogen) atoms. The van der Waals surface area contributed by atoms with Gasteiger partial charge in [0, 0.05) is 32.5 Å². The molecule has 1 aliphatic rings. The predicted molar refractivity (Wildman–Crippen MR) is 144 cm³/mol. The van der Waals surface area contributed by atoms with Crippen molar-refractivity contribution >= 4 is 28.0 Å². The highest BCUT2D eigenvalue weighted by molar-refractivity contribution is 7.86. The standard InChI is InChI=1S/C27H35N3O8S/c1-26(2,3)37-25(33)30-27(12-14-36-15-13-27)24(32)29-22(23(28)31)16-18-8-10-19(11-9-18)20-6-5-7-21(17-20)38-39(4,34)35/h5-11,17,22H,12-16H2,1-4H3,(H2,28,31)(H,29,32)(H,30,33). The van der Waals surface area contributed by atoms with Gasteiger partial charge in [-0.2, -0.15) is 8.42 Å². The first-order chi connectivity index (χ1) is 18.2. The molecule has 2 aromatic carbocycles. The molecule has 12 heteroatoms. The van der Waals surface area contributed by atoms with Crippen LogP contribution in [0, 0.1) is 0 Å². The van der Waals surface area contributed by atoms with Crippen LogP contribution in [0.25, 0.3) is 11.1 Å². The molecule has 3 rings (SSSR count). The zero-order valence-corrected chi connectivity index (χ0v) is 23.3. The number of carbonyl (C=O) groups excluding carboxylic acids is 3. The Bertz CT molecular complexity index is 1300. The Morgan fingerprint density at radius 2 is 1.69 bits per heavy atom. The first-order valence-corrected chi connectivity index (χ1v) is 14.3. The third-order valence-electron chi connectivity index (χ3n) is 5.98. The number of ether oxygens (including phenoxy) is 2. The van der Waals surface area contributed by atoms with E-state index in [9.17, 15) is 22.8 Å². The maximum atomic E-state index is 13.4. The summed E-state index contributed by atoms with van der Waals surface area (Å²) in [6, 6.07) is 12.8. The van der Waals surface area contributed by atoms with Crippen molar-refractivity contribution in [3.05, 3.63) is 54.1 Å². The highest BCUT2D eigenvalue weighted by Crippen LogP contribution is 2.26. The fraction of sp³-hybridized carbons (Fsp3) is 0.444. The number of primary amides is 1. The van der Waals surface area contributed by atoms with Gasteiger partial charge in [-0.25, -0.2) is 4.79 Å². The number of rotatable bonds is 9. The second kappa shape index (κ2) is 12.0. The predicted octanol–water partition coefficient (Wildman–Crippen LogP) is 2.28. The van der Waals surface area contributed by atoms with Gasteiger partial charge in [-0.1, -0.05) is 36.4 Å². The lowest BCUT2D eigenvalue weighted by Crippen LogP contribution is -2.64. The smallest absolute Gasteiger partial charge is 0.408 e. The zero-order valence-electron chi connectivity index (χ0n) is 22.5. The lowest BCUT2D eigenvalue weighted by Gasteiger charge is -2.37. The van der Waals surface area contributed by atoms with E-state index in [0.29, 0.717) is 0 Å². The van der Waals surface area contributed by atoms with Crippen LogP contribution in [-0.4, -0.2) is 63.0 Å². The third-order valence-corrected chi connectivity index (χ3v) is 6.47. The summed E-state index contributed by atoms with van der Waals surface area (Å²) in [5.74, 6) is -1.07. The van der Waals surface area contributed by atoms with Crippen LogP contribution in [0.2, 0.25) is 0 Å². The van der Waals surface area contributed by atoms with Crippen LogP contribution in [-0.2, 0) is 35.6 Å². The number of benzene rings is 2. The van der Waals surface area contributed by atoms with Crippen LogP contribution in [0.3, 0.4) is 0 Å². The quantitative estimate of drug-likeness (QED) is 0.393. The van der Waals surface area contributed by atoms with Gasteiger partial charge in [-0.05, 0) is 49.6 Å². The van der Waals surface area contributed by atoms with Crippen LogP contribution >= 0.6 is 0 Å². The number of nitrogens with two attached hydrogens (primary N) is 1. The lowest BCUT2D eigenvalue weighted by atomic mass is 9.88. The minimum absolute atomic E-state index is 0.123. The van der Waals surface area contributed by atoms with E-state index in [-0.39, 0.29) is 38.2 Å². The number of alkyl carbamates (subject to hydrolysis) is 1. The van der Waals surface area contributed by atoms with Gasteiger partial charge in [0.2, 0.25) is 11.8 Å². The van der Waals surface area contributed by atoms with Crippen LogP contribution in [0.15, 0.2) is 48.5 Å². The van der Waals surface area contributed by atoms with E-state index in [4.69, 9.17) is 19.4 Å². The van der Waals surface area contributed by atoms with Crippen molar-refractivity contribution in [3.63, 3.8) is 0 Å². The highest BCUT2D eigenvalue weighted by Gasteiger charge is 2.43. The number of hydrogen-bond acceptors (Lipinski definition) is 8. The molecule has 1 unspecified atom stereocenters. The highest BCUT2D eigenvalue weighted by atomic mass is 32.2. The van der Waals surface area contributed by atoms with Crippen molar-refractivity contribution in [2.24, 2.45) is 5.73 Å². The van der Waals surface area contributed by atoms with Gasteiger partial charge >= 0.3 is 16.2 Å². The summed E-state index contributed by atoms with van der Waals surface area (Å²) in [6.45, 7) is 5.66. The van der Waals surface area contributed by atoms with Gasteiger partial charge in [0.1, 0.15) is 22.9 Å². The van der Waals surface area contributed by atoms with Gasteiger partial charge in [0.25, 0.3) is 0 Å². The molecule has 0 bridgehead atoms. The maximum Gasteiger partial charge on any atom is 0.408 e. The molecule has 0 saturated carbocycles. The normalized spacial score (nSPS) is 16.0. The van der Waals surface area contributed by atoms with Gasteiger partial charge in [0.05, 0.1) is 6.26 Å². The summed E-state index contributed by atoms with van der Waals surface area (Å²) >= 11 is 0. The van der Waals surface area contributed by atoms with E-state index in [0.717, 1.165) is 22.9 Å². The van der Waals surface area contributed by atoms with E-state index >= 15 is 0 Å². The topological polar surface area (TPSA) is 163 Å². The molecule has 0 aliphatic carbocycles. The fourth-order valence-electron chi connectivity index (χ4n) is 4.12. The molecular formula is C27H35N3O8S. The molecule has 1 fully saturated rings. The first-order valence-electron chi connectivity index (χ1n) is 12.4. The summed E-state index contributed by atoms with van der Waals surface area (Å²) in [7, 11) is -3.66. The second-order valence-corrected chi connectivity index (χ2v) is 12.0. The summed E-state index contributed by atoms with van der Waals surface area (Å²) in [4.78, 5) is 38.2. The SMILES string of the molecule is CC(C)(C)OC(=O)NC1(C(=O)NC(Cc2ccc(-c3cccc(OS(C)(=O)=O)c3)cc2)C(N)=O)CCOCC1. The average molecular weight is 562 g/mol. The number of nitrogens with one attached hydrogen (secondary N) is 2. The zero-order chi connectivity index (χ0) is 28.8. The van der Waals surface area contributed by atoms with Crippen molar-refractivity contribution in [1.82, 2.24) is 10.6 Å². The molecule has 1 aliphatic heterocycles. The van der Waals surface area contributed by atoms with Crippen LogP contribution in [0.5, 0.6) is 5.75 Å². The molecule has 2 aromatic rings. The molecule has 0 aromatic heterocycles. The molecular weight excluding hydrogens is 526 g/mol. The summed E-state index contributed by atoms with van der Waals surface area (Å²) in [6.07, 6.45) is 0.773. The van der Waals surface area contributed by atoms with Crippen LogP contribution in [0.4, 0.5) is 4.79 Å². The van der Waals surface area contributed by atoms with Gasteiger partial charge < -0.3 is 30.0 Å². The van der Waals surface area contributed by atoms with Crippen molar-refractivity contribution in [3.8, 4) is 16.9 Å². The minimum atomic E-state index is -3.66. The molecule has 0 radical (unpaired) electrons. The Hall–Kier alpha value is -3.64. The van der Waals surface area contributed by atoms with Gasteiger partial charge in [-0.3, -0.25) is 9.59 Å². The first kappa shape index (κ1) is 29.9. The summed E-state index contributed by atoms with van der Waals surface area (Å²) in [5.41, 5.74) is 5.82. The van der Waals surface area contributed by atoms with Gasteiger partial charge in [-0.15, -0.1) is 0 Å². The molecule has 1 atom stereocenters. The minimum Gasteiger partial charge on any atom is -0.444 e. The second-order valence-electron chi connectivity index (χ2n) is 10.5. The fourth-order valence-corrected chi connectivity index (χ4v) is 4.57. The van der Waals surface area contributed by atoms with Crippen LogP contribution < -0.4 is 20.6 Å². The Morgan fingerprint density at radius 3 is 2.26 bits per heavy atom. The van der Waals surface area contributed by atoms with E-state index < -0.39 is 45.2 Å². The monoisotopic (exact) mass is 561 g/mol. The molecule has 0 spiro atoms. The Labute approximate surface area is 228 Å². The molecule has 1 saturated heterocycles. The van der Waals surface area contributed by atoms with Crippen molar-refractivity contribution in [1.29, 1.82) is 0 Å². The van der Waals surface area contributed by atoms with Crippen molar-refractivity contribution < 1.29 is 36.5 Å². The maximum absolute atomic E-state index is 13.4. The van der Waals surface area contributed by atoms with Crippen molar-refractivity contribution in [2.75, 3.05) is 19.5 Å². The largest absolute Gasteiger partial charge is 0.444 e. The number of hydrogen-bond donors (Lipinski definition) is 3. The van der Waals surface area contributed by atoms with E-state index in [1.54, 1.807) is 63.2 Å². The third kappa shape index (κ3) is 8.96. The molecule has 3 amide bonds. The van der Waals surface area contributed by atoms with Crippen molar-refractivity contribution in [2.45, 2.75) is 57.2 Å². The lowest BCUT2D eigenvalue weighted by molar-refractivity contribution is -0.135. The summed E-state index contributed by atoms with van der Waals surface area (Å²) in [5, 5.41) is 5.39. The average Bonchev–Trinajstić information content (AvgIpc) is 2.82. The Morgan fingerprint density at radius 1 is 1.05 bits per heavy atom. The number of amides is 3. The molecule has 4 N–H and O–H groups in total. The Kier molecular flexibility index (Phi) is 9.23. The summed E-state index contributed by atoms with van der Waals surface area (Å²) < 4.78 is 38.5. The van der Waals surface area contributed by atoms with E-state index in [2.05, 4.69) is 10.6 Å². The van der Waals surface area contributed by atoms with E-state index in [1.807, 2.05) is 6.07 Å². The van der Waals surface area contributed by atoms with Gasteiger partial charge in [0.15, 0.2) is 0 Å². The van der Waals surface area contributed by atoms with Crippen LogP contribution in [0.1, 0.15) is 39.2 Å². The number of carbonyl (C=O) groups is 3. The Balaban J connectivity index is 1.73. The molecule has 1 heterocycles.